The quantitative estimate of drug-likeness (QED) is 0.707. The molecule has 0 amide bonds. The Bertz CT molecular complexity index is 279. The van der Waals surface area contributed by atoms with E-state index >= 15 is 0 Å². The summed E-state index contributed by atoms with van der Waals surface area (Å²) in [4.78, 5) is 0. The molecule has 1 rings (SSSR count). The highest BCUT2D eigenvalue weighted by Crippen LogP contribution is 2.20. The number of nitrogens with two attached hydrogens (primary N) is 1. The van der Waals surface area contributed by atoms with E-state index in [9.17, 15) is 10.2 Å². The molecule has 4 N–H and O–H groups in total. The van der Waals surface area contributed by atoms with E-state index in [1.165, 1.54) is 0 Å². The zero-order chi connectivity index (χ0) is 9.84. The van der Waals surface area contributed by atoms with Gasteiger partial charge in [-0.3, -0.25) is 0 Å². The summed E-state index contributed by atoms with van der Waals surface area (Å²) in [7, 11) is 0. The van der Waals surface area contributed by atoms with Crippen LogP contribution in [0.5, 0.6) is 0 Å². The van der Waals surface area contributed by atoms with Crippen LogP contribution in [0.15, 0.2) is 24.3 Å². The first-order valence-corrected chi connectivity index (χ1v) is 4.30. The number of hydrogen-bond acceptors (Lipinski definition) is 3. The van der Waals surface area contributed by atoms with E-state index in [1.54, 1.807) is 13.0 Å². The molecule has 0 saturated heterocycles. The minimum absolute atomic E-state index is 0. The summed E-state index contributed by atoms with van der Waals surface area (Å²) in [5.74, 6) is 0. The van der Waals surface area contributed by atoms with E-state index in [1.807, 2.05) is 18.2 Å². The maximum atomic E-state index is 9.60. The van der Waals surface area contributed by atoms with Gasteiger partial charge >= 0.3 is 0 Å². The summed E-state index contributed by atoms with van der Waals surface area (Å²) in [6.45, 7) is 1.93. The molecule has 14 heavy (non-hydrogen) atoms. The Balaban J connectivity index is 0.00000169. The topological polar surface area (TPSA) is 66.5 Å². The van der Waals surface area contributed by atoms with Crippen LogP contribution in [0.2, 0.25) is 0 Å². The van der Waals surface area contributed by atoms with Gasteiger partial charge in [-0.05, 0) is 18.1 Å². The molecule has 0 aliphatic heterocycles. The van der Waals surface area contributed by atoms with Gasteiger partial charge in [-0.1, -0.05) is 24.3 Å². The lowest BCUT2D eigenvalue weighted by molar-refractivity contribution is 0.0300. The Morgan fingerprint density at radius 1 is 1.29 bits per heavy atom. The van der Waals surface area contributed by atoms with Crippen molar-refractivity contribution in [2.45, 2.75) is 25.7 Å². The predicted octanol–water partition coefficient (Wildman–Crippen LogP) is 0.981. The average Bonchev–Trinajstić information content (AvgIpc) is 2.16. The molecule has 0 aliphatic carbocycles. The number of rotatable bonds is 3. The van der Waals surface area contributed by atoms with Crippen molar-refractivity contribution in [3.05, 3.63) is 35.4 Å². The van der Waals surface area contributed by atoms with Crippen LogP contribution in [0.1, 0.15) is 24.2 Å². The van der Waals surface area contributed by atoms with Gasteiger partial charge in [-0.15, -0.1) is 12.4 Å². The van der Waals surface area contributed by atoms with Crippen LogP contribution in [0.4, 0.5) is 0 Å². The molecular formula is C10H16ClNO2. The van der Waals surface area contributed by atoms with E-state index in [2.05, 4.69) is 0 Å². The maximum absolute atomic E-state index is 9.60. The van der Waals surface area contributed by atoms with Crippen molar-refractivity contribution in [2.75, 3.05) is 0 Å². The minimum atomic E-state index is -0.847. The van der Waals surface area contributed by atoms with E-state index in [0.717, 1.165) is 5.56 Å². The molecule has 3 nitrogen and oxygen atoms in total. The van der Waals surface area contributed by atoms with E-state index in [4.69, 9.17) is 5.73 Å². The van der Waals surface area contributed by atoms with E-state index < -0.39 is 12.2 Å². The summed E-state index contributed by atoms with van der Waals surface area (Å²) in [5, 5.41) is 18.8. The largest absolute Gasteiger partial charge is 0.390 e. The highest BCUT2D eigenvalue weighted by atomic mass is 35.5. The van der Waals surface area contributed by atoms with Gasteiger partial charge in [0.25, 0.3) is 0 Å². The number of aliphatic hydroxyl groups excluding tert-OH is 2. The van der Waals surface area contributed by atoms with Gasteiger partial charge in [0.05, 0.1) is 6.10 Å². The van der Waals surface area contributed by atoms with Gasteiger partial charge in [0.1, 0.15) is 6.10 Å². The molecule has 0 radical (unpaired) electrons. The van der Waals surface area contributed by atoms with Crippen molar-refractivity contribution < 1.29 is 10.2 Å². The molecule has 1 aromatic rings. The fourth-order valence-corrected chi connectivity index (χ4v) is 1.27. The van der Waals surface area contributed by atoms with Crippen molar-refractivity contribution in [1.29, 1.82) is 0 Å². The van der Waals surface area contributed by atoms with Crippen molar-refractivity contribution in [3.63, 3.8) is 0 Å². The molecule has 80 valence electrons. The number of benzene rings is 1. The van der Waals surface area contributed by atoms with Gasteiger partial charge in [0.2, 0.25) is 0 Å². The molecule has 0 saturated carbocycles. The van der Waals surface area contributed by atoms with Crippen LogP contribution in [0, 0.1) is 0 Å². The smallest absolute Gasteiger partial charge is 0.105 e. The fraction of sp³-hybridized carbons (Fsp3) is 0.400. The van der Waals surface area contributed by atoms with Gasteiger partial charge in [0.15, 0.2) is 0 Å². The van der Waals surface area contributed by atoms with Crippen LogP contribution in [0.25, 0.3) is 0 Å². The number of halogens is 1. The summed E-state index contributed by atoms with van der Waals surface area (Å²) in [5.41, 5.74) is 7.08. The van der Waals surface area contributed by atoms with Gasteiger partial charge in [0, 0.05) is 6.54 Å². The standard InChI is InChI=1S/C10H15NO2.ClH/c1-7(12)10(13)9-5-3-2-4-8(9)6-11;/h2-5,7,10,12-13H,6,11H2,1H3;1H/t7-,10+;/m1./s1. The Hall–Kier alpha value is -0.610. The molecule has 2 atom stereocenters. The second kappa shape index (κ2) is 5.98. The van der Waals surface area contributed by atoms with Crippen LogP contribution in [-0.4, -0.2) is 16.3 Å². The first-order chi connectivity index (χ1) is 6.16. The molecule has 0 fully saturated rings. The zero-order valence-corrected chi connectivity index (χ0v) is 8.87. The Morgan fingerprint density at radius 2 is 1.86 bits per heavy atom. The lowest BCUT2D eigenvalue weighted by Crippen LogP contribution is -2.16. The number of aliphatic hydroxyl groups is 2. The summed E-state index contributed by atoms with van der Waals surface area (Å²) >= 11 is 0. The maximum Gasteiger partial charge on any atom is 0.105 e. The summed E-state index contributed by atoms with van der Waals surface area (Å²) in [6, 6.07) is 7.31. The average molecular weight is 218 g/mol. The van der Waals surface area contributed by atoms with Gasteiger partial charge in [-0.25, -0.2) is 0 Å². The predicted molar refractivity (Wildman–Crippen MR) is 58.2 cm³/mol. The molecule has 0 spiro atoms. The SMILES string of the molecule is C[C@@H](O)[C@H](O)c1ccccc1CN.Cl. The van der Waals surface area contributed by atoms with Gasteiger partial charge < -0.3 is 15.9 Å². The second-order valence-corrected chi connectivity index (χ2v) is 3.09. The summed E-state index contributed by atoms with van der Waals surface area (Å²) < 4.78 is 0. The molecule has 0 aromatic heterocycles. The Labute approximate surface area is 90.0 Å². The molecule has 1 aromatic carbocycles. The first-order valence-electron chi connectivity index (χ1n) is 4.30. The van der Waals surface area contributed by atoms with E-state index in [-0.39, 0.29) is 12.4 Å². The number of hydrogen-bond donors (Lipinski definition) is 3. The zero-order valence-electron chi connectivity index (χ0n) is 8.05. The Morgan fingerprint density at radius 3 is 2.36 bits per heavy atom. The highest BCUT2D eigenvalue weighted by molar-refractivity contribution is 5.85. The molecule has 4 heteroatoms. The molecule has 0 bridgehead atoms. The van der Waals surface area contributed by atoms with Crippen molar-refractivity contribution in [1.82, 2.24) is 0 Å². The molecular weight excluding hydrogens is 202 g/mol. The van der Waals surface area contributed by atoms with Crippen molar-refractivity contribution in [3.8, 4) is 0 Å². The lowest BCUT2D eigenvalue weighted by Gasteiger charge is -2.16. The third-order valence-corrected chi connectivity index (χ3v) is 2.05. The molecule has 0 unspecified atom stereocenters. The van der Waals surface area contributed by atoms with Crippen LogP contribution in [0.3, 0.4) is 0 Å². The first kappa shape index (κ1) is 13.4. The van der Waals surface area contributed by atoms with Crippen LogP contribution >= 0.6 is 12.4 Å². The normalized spacial score (nSPS) is 14.3. The highest BCUT2D eigenvalue weighted by Gasteiger charge is 2.15. The third-order valence-electron chi connectivity index (χ3n) is 2.05. The lowest BCUT2D eigenvalue weighted by atomic mass is 9.99. The minimum Gasteiger partial charge on any atom is -0.390 e. The van der Waals surface area contributed by atoms with Gasteiger partial charge in [-0.2, -0.15) is 0 Å². The van der Waals surface area contributed by atoms with Crippen molar-refractivity contribution in [2.24, 2.45) is 5.73 Å². The van der Waals surface area contributed by atoms with Crippen LogP contribution < -0.4 is 5.73 Å². The Kier molecular flexibility index (Phi) is 5.72. The monoisotopic (exact) mass is 217 g/mol. The summed E-state index contributed by atoms with van der Waals surface area (Å²) in [6.07, 6.45) is -1.62. The fourth-order valence-electron chi connectivity index (χ4n) is 1.27. The third kappa shape index (κ3) is 2.96. The molecule has 0 heterocycles. The van der Waals surface area contributed by atoms with Crippen LogP contribution in [-0.2, 0) is 6.54 Å². The van der Waals surface area contributed by atoms with E-state index in [0.29, 0.717) is 12.1 Å². The molecule has 0 aliphatic rings. The second-order valence-electron chi connectivity index (χ2n) is 3.09. The van der Waals surface area contributed by atoms with Crippen molar-refractivity contribution >= 4 is 12.4 Å².